The van der Waals surface area contributed by atoms with Crippen LogP contribution in [-0.4, -0.2) is 4.98 Å². The highest BCUT2D eigenvalue weighted by atomic mass is 79.9. The highest BCUT2D eigenvalue weighted by Gasteiger charge is 2.00. The van der Waals surface area contributed by atoms with E-state index >= 15 is 0 Å². The van der Waals surface area contributed by atoms with Gasteiger partial charge in [-0.1, -0.05) is 6.07 Å². The number of nitrogens with one attached hydrogen (secondary N) is 1. The summed E-state index contributed by atoms with van der Waals surface area (Å²) in [6.45, 7) is 2.85. The summed E-state index contributed by atoms with van der Waals surface area (Å²) < 4.78 is 1.10. The maximum atomic E-state index is 4.22. The van der Waals surface area contributed by atoms with Gasteiger partial charge in [0.25, 0.3) is 0 Å². The first kappa shape index (κ1) is 10.6. The van der Waals surface area contributed by atoms with Crippen molar-refractivity contribution in [2.24, 2.45) is 0 Å². The van der Waals surface area contributed by atoms with Gasteiger partial charge in [0.15, 0.2) is 0 Å². The van der Waals surface area contributed by atoms with Crippen LogP contribution in [0.2, 0.25) is 0 Å². The summed E-state index contributed by atoms with van der Waals surface area (Å²) in [5.74, 6) is 0. The molecule has 1 aromatic heterocycles. The van der Waals surface area contributed by atoms with Gasteiger partial charge < -0.3 is 5.32 Å². The van der Waals surface area contributed by atoms with Crippen LogP contribution in [-0.2, 0) is 6.54 Å². The molecule has 0 amide bonds. The Labute approximate surface area is 101 Å². The predicted molar refractivity (Wildman–Crippen MR) is 68.3 cm³/mol. The fourth-order valence-electron chi connectivity index (χ4n) is 1.27. The second-order valence-corrected chi connectivity index (χ2v) is 4.89. The van der Waals surface area contributed by atoms with Crippen molar-refractivity contribution >= 4 is 33.0 Å². The Morgan fingerprint density at radius 1 is 1.47 bits per heavy atom. The van der Waals surface area contributed by atoms with E-state index in [-0.39, 0.29) is 0 Å². The van der Waals surface area contributed by atoms with Crippen LogP contribution in [0.1, 0.15) is 11.3 Å². The van der Waals surface area contributed by atoms with Gasteiger partial charge in [0, 0.05) is 15.5 Å². The lowest BCUT2D eigenvalue weighted by atomic mass is 10.2. The van der Waals surface area contributed by atoms with Crippen LogP contribution in [0.25, 0.3) is 0 Å². The Morgan fingerprint density at radius 3 is 3.00 bits per heavy atom. The highest BCUT2D eigenvalue weighted by molar-refractivity contribution is 9.10. The molecule has 78 valence electrons. The average molecular weight is 283 g/mol. The highest BCUT2D eigenvalue weighted by Crippen LogP contribution is 2.23. The van der Waals surface area contributed by atoms with Crippen molar-refractivity contribution < 1.29 is 0 Å². The molecule has 0 radical (unpaired) electrons. The van der Waals surface area contributed by atoms with Gasteiger partial charge in [-0.3, -0.25) is 0 Å². The molecule has 0 fully saturated rings. The molecule has 2 rings (SSSR count). The third kappa shape index (κ3) is 2.79. The van der Waals surface area contributed by atoms with Gasteiger partial charge in [-0.05, 0) is 40.5 Å². The molecule has 2 aromatic rings. The summed E-state index contributed by atoms with van der Waals surface area (Å²) >= 11 is 5.15. The maximum absolute atomic E-state index is 4.22. The van der Waals surface area contributed by atoms with E-state index < -0.39 is 0 Å². The zero-order valence-electron chi connectivity index (χ0n) is 8.33. The topological polar surface area (TPSA) is 24.9 Å². The quantitative estimate of drug-likeness (QED) is 0.926. The first-order valence-electron chi connectivity index (χ1n) is 4.63. The van der Waals surface area contributed by atoms with Crippen molar-refractivity contribution in [3.63, 3.8) is 0 Å². The van der Waals surface area contributed by atoms with E-state index in [1.165, 1.54) is 5.56 Å². The summed E-state index contributed by atoms with van der Waals surface area (Å²) in [5.41, 5.74) is 5.28. The summed E-state index contributed by atoms with van der Waals surface area (Å²) in [4.78, 5) is 4.22. The number of anilines is 1. The molecule has 1 aromatic carbocycles. The Hall–Kier alpha value is -0.870. The van der Waals surface area contributed by atoms with Gasteiger partial charge in [-0.15, -0.1) is 11.3 Å². The average Bonchev–Trinajstić information content (AvgIpc) is 2.69. The lowest BCUT2D eigenvalue weighted by Gasteiger charge is -2.07. The number of nitrogens with zero attached hydrogens (tertiary/aromatic N) is 1. The largest absolute Gasteiger partial charge is 0.378 e. The number of aryl methyl sites for hydroxylation is 1. The van der Waals surface area contributed by atoms with Crippen molar-refractivity contribution in [1.29, 1.82) is 0 Å². The number of aromatic nitrogens is 1. The Balaban J connectivity index is 2.05. The molecule has 2 nitrogen and oxygen atoms in total. The van der Waals surface area contributed by atoms with Gasteiger partial charge in [-0.25, -0.2) is 4.98 Å². The van der Waals surface area contributed by atoms with Gasteiger partial charge in [0.05, 0.1) is 17.7 Å². The number of rotatable bonds is 3. The zero-order chi connectivity index (χ0) is 10.7. The summed E-state index contributed by atoms with van der Waals surface area (Å²) in [6.07, 6.45) is 0. The standard InChI is InChI=1S/C11H11BrN2S/c1-8-2-3-11(10(12)4-8)13-5-9-6-15-7-14-9/h2-4,6-7,13H,5H2,1H3. The molecule has 0 unspecified atom stereocenters. The minimum atomic E-state index is 0.769. The normalized spacial score (nSPS) is 10.3. The number of hydrogen-bond donors (Lipinski definition) is 1. The molecular weight excluding hydrogens is 272 g/mol. The lowest BCUT2D eigenvalue weighted by molar-refractivity contribution is 1.07. The van der Waals surface area contributed by atoms with Gasteiger partial charge in [0.2, 0.25) is 0 Å². The number of halogens is 1. The van der Waals surface area contributed by atoms with Crippen LogP contribution in [0.15, 0.2) is 33.6 Å². The second kappa shape index (κ2) is 4.77. The van der Waals surface area contributed by atoms with Gasteiger partial charge in [-0.2, -0.15) is 0 Å². The fraction of sp³-hybridized carbons (Fsp3) is 0.182. The van der Waals surface area contributed by atoms with Crippen LogP contribution >= 0.6 is 27.3 Å². The van der Waals surface area contributed by atoms with Crippen LogP contribution in [0.4, 0.5) is 5.69 Å². The smallest absolute Gasteiger partial charge is 0.0795 e. The zero-order valence-corrected chi connectivity index (χ0v) is 10.7. The third-order valence-corrected chi connectivity index (χ3v) is 3.36. The van der Waals surface area contributed by atoms with E-state index in [1.807, 2.05) is 5.51 Å². The number of benzene rings is 1. The molecule has 1 N–H and O–H groups in total. The molecule has 0 saturated heterocycles. The molecule has 4 heteroatoms. The van der Waals surface area contributed by atoms with E-state index in [1.54, 1.807) is 11.3 Å². The van der Waals surface area contributed by atoms with Gasteiger partial charge in [0.1, 0.15) is 0 Å². The Morgan fingerprint density at radius 2 is 2.33 bits per heavy atom. The van der Waals surface area contributed by atoms with E-state index in [0.29, 0.717) is 0 Å². The van der Waals surface area contributed by atoms with Crippen molar-refractivity contribution in [3.05, 3.63) is 44.8 Å². The molecule has 0 aliphatic heterocycles. The molecule has 0 spiro atoms. The van der Waals surface area contributed by atoms with E-state index in [4.69, 9.17) is 0 Å². The second-order valence-electron chi connectivity index (χ2n) is 3.32. The monoisotopic (exact) mass is 282 g/mol. The van der Waals surface area contributed by atoms with E-state index in [0.717, 1.165) is 22.4 Å². The number of hydrogen-bond acceptors (Lipinski definition) is 3. The fourth-order valence-corrected chi connectivity index (χ4v) is 2.47. The predicted octanol–water partition coefficient (Wildman–Crippen LogP) is 3.83. The van der Waals surface area contributed by atoms with Crippen molar-refractivity contribution in [1.82, 2.24) is 4.98 Å². The van der Waals surface area contributed by atoms with Crippen molar-refractivity contribution in [2.45, 2.75) is 13.5 Å². The molecular formula is C11H11BrN2S. The van der Waals surface area contributed by atoms with E-state index in [2.05, 4.69) is 56.7 Å². The molecule has 15 heavy (non-hydrogen) atoms. The summed E-state index contributed by atoms with van der Waals surface area (Å²) in [7, 11) is 0. The summed E-state index contributed by atoms with van der Waals surface area (Å²) in [6, 6.07) is 6.27. The van der Waals surface area contributed by atoms with Gasteiger partial charge >= 0.3 is 0 Å². The SMILES string of the molecule is Cc1ccc(NCc2cscn2)c(Br)c1. The van der Waals surface area contributed by atoms with E-state index in [9.17, 15) is 0 Å². The minimum Gasteiger partial charge on any atom is -0.378 e. The Kier molecular flexibility index (Phi) is 3.38. The Bertz CT molecular complexity index is 440. The van der Waals surface area contributed by atoms with Crippen molar-refractivity contribution in [3.8, 4) is 0 Å². The molecule has 0 aliphatic rings. The molecule has 1 heterocycles. The summed E-state index contributed by atoms with van der Waals surface area (Å²) in [5, 5.41) is 5.39. The van der Waals surface area contributed by atoms with Crippen LogP contribution in [0.5, 0.6) is 0 Å². The van der Waals surface area contributed by atoms with Crippen LogP contribution in [0.3, 0.4) is 0 Å². The molecule has 0 atom stereocenters. The van der Waals surface area contributed by atoms with Crippen molar-refractivity contribution in [2.75, 3.05) is 5.32 Å². The molecule has 0 saturated carbocycles. The van der Waals surface area contributed by atoms with Crippen LogP contribution in [0, 0.1) is 6.92 Å². The molecule has 0 bridgehead atoms. The first-order chi connectivity index (χ1) is 7.25. The number of thiazole rings is 1. The third-order valence-electron chi connectivity index (χ3n) is 2.07. The maximum Gasteiger partial charge on any atom is 0.0795 e. The first-order valence-corrected chi connectivity index (χ1v) is 6.36. The lowest BCUT2D eigenvalue weighted by Crippen LogP contribution is -2.00. The molecule has 0 aliphatic carbocycles. The minimum absolute atomic E-state index is 0.769. The van der Waals surface area contributed by atoms with Crippen LogP contribution < -0.4 is 5.32 Å².